The Hall–Kier alpha value is -2.70. The number of amides is 2. The number of imide groups is 1. The Bertz CT molecular complexity index is 1150. The molecule has 1 aliphatic heterocycles. The SMILES string of the molecule is CC(C)n1cc(/C=C2\SC(=O)N(CCOc3ccccc3Cl)C2=O)c2ccccc21. The van der Waals surface area contributed by atoms with Crippen molar-refractivity contribution in [3.05, 3.63) is 70.2 Å². The molecule has 30 heavy (non-hydrogen) atoms. The Balaban J connectivity index is 1.52. The Labute approximate surface area is 184 Å². The summed E-state index contributed by atoms with van der Waals surface area (Å²) in [5.74, 6) is 0.234. The molecule has 1 aliphatic rings. The van der Waals surface area contributed by atoms with E-state index in [1.807, 2.05) is 36.5 Å². The van der Waals surface area contributed by atoms with E-state index in [1.165, 1.54) is 4.90 Å². The van der Waals surface area contributed by atoms with Crippen LogP contribution in [-0.2, 0) is 4.79 Å². The minimum Gasteiger partial charge on any atom is -0.490 e. The summed E-state index contributed by atoms with van der Waals surface area (Å²) in [7, 11) is 0. The van der Waals surface area contributed by atoms with Crippen molar-refractivity contribution in [2.45, 2.75) is 19.9 Å². The van der Waals surface area contributed by atoms with Gasteiger partial charge in [0, 0.05) is 28.7 Å². The molecule has 5 nitrogen and oxygen atoms in total. The largest absolute Gasteiger partial charge is 0.490 e. The predicted octanol–water partition coefficient (Wildman–Crippen LogP) is 5.99. The number of fused-ring (bicyclic) bond motifs is 1. The molecule has 0 spiro atoms. The van der Waals surface area contributed by atoms with Gasteiger partial charge in [-0.15, -0.1) is 0 Å². The molecule has 0 atom stereocenters. The topological polar surface area (TPSA) is 51.5 Å². The first kappa shape index (κ1) is 20.6. The molecule has 2 amide bonds. The van der Waals surface area contributed by atoms with Crippen molar-refractivity contribution in [1.82, 2.24) is 9.47 Å². The smallest absolute Gasteiger partial charge is 0.293 e. The highest BCUT2D eigenvalue weighted by atomic mass is 35.5. The maximum Gasteiger partial charge on any atom is 0.293 e. The molecule has 0 N–H and O–H groups in total. The highest BCUT2D eigenvalue weighted by Gasteiger charge is 2.35. The zero-order chi connectivity index (χ0) is 21.3. The lowest BCUT2D eigenvalue weighted by Crippen LogP contribution is -2.32. The second kappa shape index (κ2) is 8.58. The Morgan fingerprint density at radius 1 is 1.10 bits per heavy atom. The van der Waals surface area contributed by atoms with E-state index < -0.39 is 0 Å². The van der Waals surface area contributed by atoms with Crippen LogP contribution in [0.5, 0.6) is 5.75 Å². The van der Waals surface area contributed by atoms with Crippen molar-refractivity contribution in [3.8, 4) is 5.75 Å². The molecule has 1 fully saturated rings. The molecule has 0 bridgehead atoms. The van der Waals surface area contributed by atoms with Crippen molar-refractivity contribution in [3.63, 3.8) is 0 Å². The molecule has 4 rings (SSSR count). The minimum atomic E-state index is -0.297. The van der Waals surface area contributed by atoms with Gasteiger partial charge in [-0.3, -0.25) is 14.5 Å². The van der Waals surface area contributed by atoms with Gasteiger partial charge >= 0.3 is 0 Å². The molecular formula is C23H21ClN2O3S. The molecule has 0 radical (unpaired) electrons. The summed E-state index contributed by atoms with van der Waals surface area (Å²) in [6.45, 7) is 4.58. The maximum atomic E-state index is 12.8. The fraction of sp³-hybridized carbons (Fsp3) is 0.217. The van der Waals surface area contributed by atoms with E-state index in [1.54, 1.807) is 18.2 Å². The van der Waals surface area contributed by atoms with E-state index in [0.29, 0.717) is 15.7 Å². The lowest BCUT2D eigenvalue weighted by atomic mass is 10.1. The van der Waals surface area contributed by atoms with Gasteiger partial charge in [-0.1, -0.05) is 41.9 Å². The van der Waals surface area contributed by atoms with Gasteiger partial charge in [-0.05, 0) is 49.9 Å². The van der Waals surface area contributed by atoms with Crippen LogP contribution in [0.1, 0.15) is 25.5 Å². The second-order valence-electron chi connectivity index (χ2n) is 7.21. The summed E-state index contributed by atoms with van der Waals surface area (Å²) in [4.78, 5) is 26.9. The van der Waals surface area contributed by atoms with Crippen LogP contribution in [0.3, 0.4) is 0 Å². The first-order chi connectivity index (χ1) is 14.5. The molecule has 2 aromatic carbocycles. The fourth-order valence-corrected chi connectivity index (χ4v) is 4.46. The summed E-state index contributed by atoms with van der Waals surface area (Å²) in [5, 5.41) is 1.26. The molecule has 2 heterocycles. The van der Waals surface area contributed by atoms with Crippen LogP contribution >= 0.6 is 23.4 Å². The zero-order valence-electron chi connectivity index (χ0n) is 16.7. The third kappa shape index (κ3) is 3.98. The number of carbonyl (C=O) groups excluding carboxylic acids is 2. The predicted molar refractivity (Wildman–Crippen MR) is 122 cm³/mol. The average Bonchev–Trinajstić information content (AvgIpc) is 3.22. The maximum absolute atomic E-state index is 12.8. The van der Waals surface area contributed by atoms with Gasteiger partial charge in [0.25, 0.3) is 11.1 Å². The minimum absolute atomic E-state index is 0.168. The Morgan fingerprint density at radius 3 is 2.60 bits per heavy atom. The van der Waals surface area contributed by atoms with E-state index in [-0.39, 0.29) is 30.3 Å². The number of halogens is 1. The molecule has 3 aromatic rings. The normalized spacial score (nSPS) is 15.7. The Kier molecular flexibility index (Phi) is 5.88. The third-order valence-corrected chi connectivity index (χ3v) is 6.12. The van der Waals surface area contributed by atoms with Gasteiger partial charge in [0.05, 0.1) is 16.5 Å². The van der Waals surface area contributed by atoms with Crippen LogP contribution in [0.15, 0.2) is 59.6 Å². The molecular weight excluding hydrogens is 420 g/mol. The number of benzene rings is 2. The van der Waals surface area contributed by atoms with Crippen LogP contribution in [0.2, 0.25) is 5.02 Å². The van der Waals surface area contributed by atoms with E-state index in [0.717, 1.165) is 28.2 Å². The quantitative estimate of drug-likeness (QED) is 0.442. The van der Waals surface area contributed by atoms with Gasteiger partial charge in [0.15, 0.2) is 0 Å². The summed E-state index contributed by atoms with van der Waals surface area (Å²) in [6, 6.07) is 15.5. The number of aromatic nitrogens is 1. The van der Waals surface area contributed by atoms with Crippen LogP contribution in [0.4, 0.5) is 4.79 Å². The van der Waals surface area contributed by atoms with Crippen molar-refractivity contribution in [1.29, 1.82) is 0 Å². The Morgan fingerprint density at radius 2 is 1.83 bits per heavy atom. The average molecular weight is 441 g/mol. The number of thioether (sulfide) groups is 1. The monoisotopic (exact) mass is 440 g/mol. The fourth-order valence-electron chi connectivity index (χ4n) is 3.42. The number of hydrogen-bond donors (Lipinski definition) is 0. The van der Waals surface area contributed by atoms with Crippen LogP contribution in [0.25, 0.3) is 17.0 Å². The molecule has 0 saturated carbocycles. The van der Waals surface area contributed by atoms with E-state index >= 15 is 0 Å². The molecule has 0 aliphatic carbocycles. The number of para-hydroxylation sites is 2. The lowest BCUT2D eigenvalue weighted by molar-refractivity contribution is -0.123. The number of ether oxygens (including phenoxy) is 1. The van der Waals surface area contributed by atoms with E-state index in [4.69, 9.17) is 16.3 Å². The number of hydrogen-bond acceptors (Lipinski definition) is 4. The molecule has 1 saturated heterocycles. The van der Waals surface area contributed by atoms with Crippen molar-refractivity contribution >= 4 is 51.5 Å². The van der Waals surface area contributed by atoms with Crippen molar-refractivity contribution < 1.29 is 14.3 Å². The van der Waals surface area contributed by atoms with Gasteiger partial charge in [0.2, 0.25) is 0 Å². The first-order valence-electron chi connectivity index (χ1n) is 9.68. The highest BCUT2D eigenvalue weighted by molar-refractivity contribution is 8.18. The third-order valence-electron chi connectivity index (χ3n) is 4.90. The van der Waals surface area contributed by atoms with Crippen molar-refractivity contribution in [2.75, 3.05) is 13.2 Å². The zero-order valence-corrected chi connectivity index (χ0v) is 18.2. The standard InChI is InChI=1S/C23H21ClN2O3S/c1-15(2)26-14-16(17-7-3-5-9-19(17)26)13-21-22(27)25(23(28)30-21)11-12-29-20-10-6-4-8-18(20)24/h3-10,13-15H,11-12H2,1-2H3/b21-13-. The first-order valence-corrected chi connectivity index (χ1v) is 10.9. The molecule has 7 heteroatoms. The van der Waals surface area contributed by atoms with Gasteiger partial charge in [-0.2, -0.15) is 0 Å². The second-order valence-corrected chi connectivity index (χ2v) is 8.62. The van der Waals surface area contributed by atoms with Crippen LogP contribution in [0, 0.1) is 0 Å². The molecule has 154 valence electrons. The molecule has 1 aromatic heterocycles. The van der Waals surface area contributed by atoms with Crippen LogP contribution < -0.4 is 4.74 Å². The van der Waals surface area contributed by atoms with E-state index in [2.05, 4.69) is 24.5 Å². The summed E-state index contributed by atoms with van der Waals surface area (Å²) < 4.78 is 7.80. The summed E-state index contributed by atoms with van der Waals surface area (Å²) in [6.07, 6.45) is 3.84. The van der Waals surface area contributed by atoms with Gasteiger partial charge < -0.3 is 9.30 Å². The van der Waals surface area contributed by atoms with Crippen molar-refractivity contribution in [2.24, 2.45) is 0 Å². The number of rotatable bonds is 6. The summed E-state index contributed by atoms with van der Waals surface area (Å²) in [5.41, 5.74) is 2.03. The van der Waals surface area contributed by atoms with E-state index in [9.17, 15) is 9.59 Å². The number of nitrogens with zero attached hydrogens (tertiary/aromatic N) is 2. The van der Waals surface area contributed by atoms with Gasteiger partial charge in [0.1, 0.15) is 12.4 Å². The highest BCUT2D eigenvalue weighted by Crippen LogP contribution is 2.34. The number of carbonyl (C=O) groups is 2. The van der Waals surface area contributed by atoms with Crippen LogP contribution in [-0.4, -0.2) is 33.8 Å². The molecule has 0 unspecified atom stereocenters. The lowest BCUT2D eigenvalue weighted by Gasteiger charge is -2.13. The summed E-state index contributed by atoms with van der Waals surface area (Å²) >= 11 is 7.03. The van der Waals surface area contributed by atoms with Gasteiger partial charge in [-0.25, -0.2) is 0 Å².